The van der Waals surface area contributed by atoms with Crippen molar-refractivity contribution < 1.29 is 8.42 Å². The summed E-state index contributed by atoms with van der Waals surface area (Å²) < 4.78 is 31.1. The Morgan fingerprint density at radius 2 is 1.60 bits per heavy atom. The average molecular weight is 380 g/mol. The molecule has 8 heteroatoms. The molecule has 3 rings (SSSR count). The van der Waals surface area contributed by atoms with Gasteiger partial charge in [0.05, 0.1) is 21.7 Å². The topological polar surface area (TPSA) is 73.1 Å². The Bertz CT molecular complexity index is 1160. The van der Waals surface area contributed by atoms with E-state index in [-0.39, 0.29) is 15.6 Å². The molecule has 3 aromatic rings. The van der Waals surface area contributed by atoms with Crippen LogP contribution < -0.4 is 10.4 Å². The van der Waals surface area contributed by atoms with Crippen LogP contribution in [0.25, 0.3) is 11.0 Å². The minimum Gasteiger partial charge on any atom is -0.295 e. The molecule has 0 radical (unpaired) electrons. The molecule has 1 aromatic heterocycles. The highest BCUT2D eigenvalue weighted by Gasteiger charge is 2.22. The lowest BCUT2D eigenvalue weighted by Gasteiger charge is -2.13. The van der Waals surface area contributed by atoms with Crippen molar-refractivity contribution >= 4 is 38.3 Å². The summed E-state index contributed by atoms with van der Waals surface area (Å²) in [6.07, 6.45) is 0. The zero-order chi connectivity index (χ0) is 18.5. The molecule has 0 aliphatic heterocycles. The second-order valence-corrected chi connectivity index (χ2v) is 8.15. The molecule has 0 fully saturated rings. The summed E-state index contributed by atoms with van der Waals surface area (Å²) in [5, 5.41) is 0.0616. The third kappa shape index (κ3) is 2.94. The molecular weight excluding hydrogens is 362 g/mol. The van der Waals surface area contributed by atoms with Crippen LogP contribution >= 0.6 is 11.6 Å². The molecule has 0 saturated carbocycles. The van der Waals surface area contributed by atoms with E-state index < -0.39 is 10.0 Å². The number of imidazole rings is 1. The van der Waals surface area contributed by atoms with Crippen LogP contribution in [-0.4, -0.2) is 17.6 Å². The van der Waals surface area contributed by atoms with E-state index in [1.54, 1.807) is 20.2 Å². The Morgan fingerprint density at radius 1 is 1.00 bits per heavy atom. The molecule has 1 heterocycles. The second-order valence-electron chi connectivity index (χ2n) is 6.10. The molecule has 1 N–H and O–H groups in total. The highest BCUT2D eigenvalue weighted by atomic mass is 35.5. The van der Waals surface area contributed by atoms with Crippen LogP contribution in [0.4, 0.5) is 5.69 Å². The van der Waals surface area contributed by atoms with E-state index in [9.17, 15) is 13.2 Å². The van der Waals surface area contributed by atoms with E-state index in [1.165, 1.54) is 21.3 Å². The van der Waals surface area contributed by atoms with Gasteiger partial charge in [-0.25, -0.2) is 13.2 Å². The van der Waals surface area contributed by atoms with Gasteiger partial charge in [-0.05, 0) is 43.2 Å². The monoisotopic (exact) mass is 379 g/mol. The minimum absolute atomic E-state index is 0.0616. The highest BCUT2D eigenvalue weighted by molar-refractivity contribution is 7.92. The van der Waals surface area contributed by atoms with Gasteiger partial charge >= 0.3 is 5.69 Å². The standard InChI is InChI=1S/C17H18ClN3O3S/c1-10-5-6-11(2)13(7-10)19-25(23,24)16-9-15-14(8-12(16)18)20(3)17(22)21(15)4/h5-9,19H,1-4H3. The molecule has 25 heavy (non-hydrogen) atoms. The highest BCUT2D eigenvalue weighted by Crippen LogP contribution is 2.29. The maximum atomic E-state index is 12.8. The first-order valence-electron chi connectivity index (χ1n) is 7.57. The first-order chi connectivity index (χ1) is 11.6. The van der Waals surface area contributed by atoms with Crippen LogP contribution in [0.15, 0.2) is 40.0 Å². The van der Waals surface area contributed by atoms with Gasteiger partial charge in [-0.2, -0.15) is 0 Å². The molecule has 0 amide bonds. The van der Waals surface area contributed by atoms with Crippen molar-refractivity contribution in [1.82, 2.24) is 9.13 Å². The third-order valence-electron chi connectivity index (χ3n) is 4.25. The van der Waals surface area contributed by atoms with E-state index in [4.69, 9.17) is 11.6 Å². The number of sulfonamides is 1. The number of hydrogen-bond acceptors (Lipinski definition) is 3. The average Bonchev–Trinajstić information content (AvgIpc) is 2.74. The van der Waals surface area contributed by atoms with Gasteiger partial charge in [-0.1, -0.05) is 23.7 Å². The number of nitrogens with zero attached hydrogens (tertiary/aromatic N) is 2. The fraction of sp³-hybridized carbons (Fsp3) is 0.235. The van der Waals surface area contributed by atoms with Gasteiger partial charge in [0, 0.05) is 14.1 Å². The fourth-order valence-corrected chi connectivity index (χ4v) is 4.42. The summed E-state index contributed by atoms with van der Waals surface area (Å²) in [4.78, 5) is 12.0. The zero-order valence-electron chi connectivity index (χ0n) is 14.3. The third-order valence-corrected chi connectivity index (χ3v) is 6.08. The van der Waals surface area contributed by atoms with Gasteiger partial charge in [-0.3, -0.25) is 13.9 Å². The quantitative estimate of drug-likeness (QED) is 0.760. The number of aromatic nitrogens is 2. The van der Waals surface area contributed by atoms with Crippen LogP contribution in [0.2, 0.25) is 5.02 Å². The van der Waals surface area contributed by atoms with Crippen LogP contribution in [0, 0.1) is 13.8 Å². The van der Waals surface area contributed by atoms with Crippen molar-refractivity contribution in [2.45, 2.75) is 18.7 Å². The number of nitrogens with one attached hydrogen (secondary N) is 1. The molecule has 132 valence electrons. The van der Waals surface area contributed by atoms with Gasteiger partial charge in [0.1, 0.15) is 4.90 Å². The molecule has 0 spiro atoms. The van der Waals surface area contributed by atoms with E-state index in [1.807, 2.05) is 26.0 Å². The molecule has 0 bridgehead atoms. The van der Waals surface area contributed by atoms with E-state index in [0.29, 0.717) is 16.7 Å². The molecule has 0 aliphatic rings. The number of fused-ring (bicyclic) bond motifs is 1. The van der Waals surface area contributed by atoms with Crippen molar-refractivity contribution in [2.75, 3.05) is 4.72 Å². The number of benzene rings is 2. The van der Waals surface area contributed by atoms with Gasteiger partial charge in [-0.15, -0.1) is 0 Å². The first kappa shape index (κ1) is 17.6. The Balaban J connectivity index is 2.17. The molecular formula is C17H18ClN3O3S. The Kier molecular flexibility index (Phi) is 4.17. The van der Waals surface area contributed by atoms with Gasteiger partial charge in [0.25, 0.3) is 10.0 Å². The normalized spacial score (nSPS) is 11.9. The first-order valence-corrected chi connectivity index (χ1v) is 9.43. The Labute approximate surface area is 150 Å². The van der Waals surface area contributed by atoms with Crippen LogP contribution in [0.1, 0.15) is 11.1 Å². The molecule has 0 atom stereocenters. The SMILES string of the molecule is Cc1ccc(C)c(NS(=O)(=O)c2cc3c(cc2Cl)n(C)c(=O)n3C)c1. The predicted octanol–water partition coefficient (Wildman–Crippen LogP) is 2.95. The number of rotatable bonds is 3. The lowest BCUT2D eigenvalue weighted by atomic mass is 10.1. The summed E-state index contributed by atoms with van der Waals surface area (Å²) in [6.45, 7) is 3.71. The van der Waals surface area contributed by atoms with Gasteiger partial charge < -0.3 is 0 Å². The van der Waals surface area contributed by atoms with Crippen LogP contribution in [0.3, 0.4) is 0 Å². The summed E-state index contributed by atoms with van der Waals surface area (Å²) in [5.74, 6) is 0. The number of aryl methyl sites for hydroxylation is 4. The van der Waals surface area contributed by atoms with E-state index in [2.05, 4.69) is 4.72 Å². The largest absolute Gasteiger partial charge is 0.328 e. The molecule has 2 aromatic carbocycles. The second kappa shape index (κ2) is 5.93. The summed E-state index contributed by atoms with van der Waals surface area (Å²) in [6, 6.07) is 8.44. The summed E-state index contributed by atoms with van der Waals surface area (Å²) in [5.41, 5.74) is 3.07. The minimum atomic E-state index is -3.90. The van der Waals surface area contributed by atoms with Crippen LogP contribution in [-0.2, 0) is 24.1 Å². The fourth-order valence-electron chi connectivity index (χ4n) is 2.75. The maximum absolute atomic E-state index is 12.8. The van der Waals surface area contributed by atoms with Crippen LogP contribution in [0.5, 0.6) is 0 Å². The molecule has 6 nitrogen and oxygen atoms in total. The van der Waals surface area contributed by atoms with Crippen molar-refractivity contribution in [3.05, 3.63) is 57.0 Å². The predicted molar refractivity (Wildman–Crippen MR) is 99.9 cm³/mol. The number of halogens is 1. The Morgan fingerprint density at radius 3 is 2.24 bits per heavy atom. The molecule has 0 unspecified atom stereocenters. The summed E-state index contributed by atoms with van der Waals surface area (Å²) >= 11 is 6.21. The smallest absolute Gasteiger partial charge is 0.295 e. The number of anilines is 1. The maximum Gasteiger partial charge on any atom is 0.328 e. The van der Waals surface area contributed by atoms with Crippen molar-refractivity contribution in [3.8, 4) is 0 Å². The van der Waals surface area contributed by atoms with Gasteiger partial charge in [0.2, 0.25) is 0 Å². The van der Waals surface area contributed by atoms with E-state index in [0.717, 1.165) is 11.1 Å². The lowest BCUT2D eigenvalue weighted by molar-refractivity contribution is 0.601. The Hall–Kier alpha value is -2.25. The van der Waals surface area contributed by atoms with Gasteiger partial charge in [0.15, 0.2) is 0 Å². The van der Waals surface area contributed by atoms with Crippen molar-refractivity contribution in [3.63, 3.8) is 0 Å². The zero-order valence-corrected chi connectivity index (χ0v) is 15.9. The van der Waals surface area contributed by atoms with E-state index >= 15 is 0 Å². The molecule has 0 saturated heterocycles. The lowest BCUT2D eigenvalue weighted by Crippen LogP contribution is -2.19. The van der Waals surface area contributed by atoms with Crippen molar-refractivity contribution in [1.29, 1.82) is 0 Å². The number of hydrogen-bond donors (Lipinski definition) is 1. The molecule has 0 aliphatic carbocycles. The van der Waals surface area contributed by atoms with Crippen molar-refractivity contribution in [2.24, 2.45) is 14.1 Å². The summed E-state index contributed by atoms with van der Waals surface area (Å²) in [7, 11) is -0.697.